The quantitative estimate of drug-likeness (QED) is 0.740. The third-order valence-corrected chi connectivity index (χ3v) is 3.85. The third kappa shape index (κ3) is 4.92. The lowest BCUT2D eigenvalue weighted by Crippen LogP contribution is -2.08. The molecule has 26 heavy (non-hydrogen) atoms. The lowest BCUT2D eigenvalue weighted by Gasteiger charge is -2.07. The Morgan fingerprint density at radius 3 is 2.50 bits per heavy atom. The van der Waals surface area contributed by atoms with Gasteiger partial charge >= 0.3 is 0 Å². The van der Waals surface area contributed by atoms with Gasteiger partial charge in [-0.1, -0.05) is 36.4 Å². The number of hydrogen-bond acceptors (Lipinski definition) is 4. The van der Waals surface area contributed by atoms with Crippen LogP contribution < -0.4 is 5.32 Å². The van der Waals surface area contributed by atoms with Gasteiger partial charge in [-0.25, -0.2) is 19.3 Å². The molecule has 0 fully saturated rings. The smallest absolute Gasteiger partial charge is 0.222 e. The van der Waals surface area contributed by atoms with Crippen molar-refractivity contribution < 1.29 is 9.18 Å². The number of hydrogen-bond donors (Lipinski definition) is 1. The Morgan fingerprint density at radius 2 is 1.81 bits per heavy atom. The monoisotopic (exact) mass is 350 g/mol. The summed E-state index contributed by atoms with van der Waals surface area (Å²) in [6, 6.07) is 13.5. The maximum atomic E-state index is 14.0. The zero-order valence-electron chi connectivity index (χ0n) is 14.4. The van der Waals surface area contributed by atoms with Crippen LogP contribution in [-0.4, -0.2) is 20.9 Å². The molecular weight excluding hydrogens is 331 g/mol. The zero-order valence-corrected chi connectivity index (χ0v) is 14.4. The van der Waals surface area contributed by atoms with E-state index in [-0.39, 0.29) is 11.7 Å². The number of benzene rings is 1. The van der Waals surface area contributed by atoms with Crippen molar-refractivity contribution in [2.45, 2.75) is 26.2 Å². The summed E-state index contributed by atoms with van der Waals surface area (Å²) in [5, 5.41) is 2.61. The molecule has 0 saturated heterocycles. The van der Waals surface area contributed by atoms with Crippen molar-refractivity contribution in [3.63, 3.8) is 0 Å². The number of rotatable bonds is 6. The lowest BCUT2D eigenvalue weighted by molar-refractivity contribution is -0.114. The maximum Gasteiger partial charge on any atom is 0.222 e. The van der Waals surface area contributed by atoms with Crippen LogP contribution in [0.3, 0.4) is 0 Å². The average Bonchev–Trinajstić information content (AvgIpc) is 2.64. The Bertz CT molecular complexity index is 882. The number of halogens is 1. The van der Waals surface area contributed by atoms with Crippen LogP contribution in [0.1, 0.15) is 29.6 Å². The first kappa shape index (κ1) is 17.7. The highest BCUT2D eigenvalue weighted by Gasteiger charge is 2.09. The molecule has 3 rings (SSSR count). The third-order valence-electron chi connectivity index (χ3n) is 3.85. The Hall–Kier alpha value is -3.15. The van der Waals surface area contributed by atoms with Gasteiger partial charge in [-0.3, -0.25) is 4.79 Å². The largest absolute Gasteiger partial charge is 0.311 e. The fraction of sp³-hybridized carbons (Fsp3) is 0.200. The molecule has 0 bridgehead atoms. The number of pyridine rings is 1. The molecule has 6 heteroatoms. The predicted octanol–water partition coefficient (Wildman–Crippen LogP) is 3.35. The number of carbonyl (C=O) groups excluding carboxylic acids is 1. The van der Waals surface area contributed by atoms with Crippen LogP contribution in [-0.2, 0) is 24.1 Å². The van der Waals surface area contributed by atoms with Crippen LogP contribution >= 0.6 is 0 Å². The van der Waals surface area contributed by atoms with E-state index in [0.29, 0.717) is 30.2 Å². The highest BCUT2D eigenvalue weighted by atomic mass is 19.1. The summed E-state index contributed by atoms with van der Waals surface area (Å²) in [7, 11) is 0. The summed E-state index contributed by atoms with van der Waals surface area (Å²) in [5.74, 6) is 0.479. The molecule has 0 atom stereocenters. The van der Waals surface area contributed by atoms with E-state index in [9.17, 15) is 9.18 Å². The first-order valence-electron chi connectivity index (χ1n) is 8.37. The molecule has 1 amide bonds. The SMILES string of the molecule is CC(=O)Nc1ccc(Cc2ncc(F)c(CCc3ccccc3)n2)cn1. The normalized spacial score (nSPS) is 10.5. The highest BCUT2D eigenvalue weighted by molar-refractivity contribution is 5.87. The van der Waals surface area contributed by atoms with Crippen molar-refractivity contribution in [2.75, 3.05) is 5.32 Å². The van der Waals surface area contributed by atoms with Gasteiger partial charge in [0.05, 0.1) is 11.9 Å². The molecule has 1 aromatic carbocycles. The van der Waals surface area contributed by atoms with Crippen LogP contribution in [0.2, 0.25) is 0 Å². The van der Waals surface area contributed by atoms with Crippen molar-refractivity contribution in [2.24, 2.45) is 0 Å². The lowest BCUT2D eigenvalue weighted by atomic mass is 10.1. The van der Waals surface area contributed by atoms with Gasteiger partial charge in [0.1, 0.15) is 11.6 Å². The van der Waals surface area contributed by atoms with E-state index >= 15 is 0 Å². The van der Waals surface area contributed by atoms with Crippen LogP contribution in [0.15, 0.2) is 54.9 Å². The fourth-order valence-corrected chi connectivity index (χ4v) is 2.58. The van der Waals surface area contributed by atoms with Gasteiger partial charge in [-0.2, -0.15) is 0 Å². The van der Waals surface area contributed by atoms with Gasteiger partial charge < -0.3 is 5.32 Å². The summed E-state index contributed by atoms with van der Waals surface area (Å²) >= 11 is 0. The highest BCUT2D eigenvalue weighted by Crippen LogP contribution is 2.12. The number of aryl methyl sites for hydroxylation is 2. The minimum atomic E-state index is -0.385. The summed E-state index contributed by atoms with van der Waals surface area (Å²) < 4.78 is 14.0. The standard InChI is InChI=1S/C20H19FN4O/c1-14(26)24-19-10-8-16(12-22-19)11-20-23-13-17(21)18(25-20)9-7-15-5-3-2-4-6-15/h2-6,8,10,12-13H,7,9,11H2,1H3,(H,22,24,26). The number of carbonyl (C=O) groups is 1. The van der Waals surface area contributed by atoms with Gasteiger partial charge in [0.15, 0.2) is 5.82 Å². The zero-order chi connectivity index (χ0) is 18.4. The molecule has 2 heterocycles. The van der Waals surface area contributed by atoms with Gasteiger partial charge in [0.2, 0.25) is 5.91 Å². The second-order valence-electron chi connectivity index (χ2n) is 5.98. The first-order valence-corrected chi connectivity index (χ1v) is 8.37. The molecule has 0 radical (unpaired) electrons. The summed E-state index contributed by atoms with van der Waals surface area (Å²) in [4.78, 5) is 23.6. The van der Waals surface area contributed by atoms with Crippen molar-refractivity contribution in [3.05, 3.63) is 83.3 Å². The maximum absolute atomic E-state index is 14.0. The van der Waals surface area contributed by atoms with Gasteiger partial charge in [-0.05, 0) is 30.0 Å². The summed E-state index contributed by atoms with van der Waals surface area (Å²) in [6.45, 7) is 1.43. The molecule has 0 aliphatic rings. The molecule has 132 valence electrons. The van der Waals surface area contributed by atoms with E-state index < -0.39 is 0 Å². The fourth-order valence-electron chi connectivity index (χ4n) is 2.58. The van der Waals surface area contributed by atoms with Gasteiger partial charge in [0, 0.05) is 19.5 Å². The van der Waals surface area contributed by atoms with E-state index in [4.69, 9.17) is 0 Å². The predicted molar refractivity (Wildman–Crippen MR) is 97.2 cm³/mol. The van der Waals surface area contributed by atoms with Crippen LogP contribution in [0.25, 0.3) is 0 Å². The first-order chi connectivity index (χ1) is 12.6. The number of aromatic nitrogens is 3. The van der Waals surface area contributed by atoms with Crippen molar-refractivity contribution in [1.82, 2.24) is 15.0 Å². The van der Waals surface area contributed by atoms with Crippen LogP contribution in [0.5, 0.6) is 0 Å². The summed E-state index contributed by atoms with van der Waals surface area (Å²) in [6.07, 6.45) is 4.57. The molecular formula is C20H19FN4O. The Balaban J connectivity index is 1.67. The van der Waals surface area contributed by atoms with Gasteiger partial charge in [0.25, 0.3) is 0 Å². The Labute approximate surface area is 151 Å². The topological polar surface area (TPSA) is 67.8 Å². The van der Waals surface area contributed by atoms with Crippen molar-refractivity contribution in [3.8, 4) is 0 Å². The minimum Gasteiger partial charge on any atom is -0.311 e. The van der Waals surface area contributed by atoms with E-state index in [1.165, 1.54) is 13.1 Å². The van der Waals surface area contributed by atoms with E-state index in [1.807, 2.05) is 36.4 Å². The molecule has 0 spiro atoms. The molecule has 0 aliphatic heterocycles. The molecule has 0 saturated carbocycles. The second kappa shape index (κ2) is 8.29. The number of nitrogens with one attached hydrogen (secondary N) is 1. The Kier molecular flexibility index (Phi) is 5.63. The molecule has 5 nitrogen and oxygen atoms in total. The molecule has 3 aromatic rings. The Morgan fingerprint density at radius 1 is 1.00 bits per heavy atom. The average molecular weight is 350 g/mol. The van der Waals surface area contributed by atoms with E-state index in [0.717, 1.165) is 17.5 Å². The minimum absolute atomic E-state index is 0.171. The number of nitrogens with zero attached hydrogens (tertiary/aromatic N) is 3. The number of amides is 1. The van der Waals surface area contributed by atoms with Crippen LogP contribution in [0.4, 0.5) is 10.2 Å². The molecule has 0 unspecified atom stereocenters. The van der Waals surface area contributed by atoms with E-state index in [2.05, 4.69) is 20.3 Å². The van der Waals surface area contributed by atoms with Gasteiger partial charge in [-0.15, -0.1) is 0 Å². The summed E-state index contributed by atoms with van der Waals surface area (Å²) in [5.41, 5.74) is 2.45. The van der Waals surface area contributed by atoms with Crippen LogP contribution in [0, 0.1) is 5.82 Å². The molecule has 0 aliphatic carbocycles. The molecule has 1 N–H and O–H groups in total. The molecule has 2 aromatic heterocycles. The van der Waals surface area contributed by atoms with E-state index in [1.54, 1.807) is 12.3 Å². The van der Waals surface area contributed by atoms with Crippen molar-refractivity contribution >= 4 is 11.7 Å². The number of anilines is 1. The second-order valence-corrected chi connectivity index (χ2v) is 5.98. The van der Waals surface area contributed by atoms with Crippen molar-refractivity contribution in [1.29, 1.82) is 0 Å².